The van der Waals surface area contributed by atoms with Crippen LogP contribution in [0.5, 0.6) is 5.75 Å². The van der Waals surface area contributed by atoms with Gasteiger partial charge in [0.05, 0.1) is 6.61 Å². The summed E-state index contributed by atoms with van der Waals surface area (Å²) in [5, 5.41) is 10.2. The van der Waals surface area contributed by atoms with E-state index in [1.54, 1.807) is 25.1 Å². The van der Waals surface area contributed by atoms with E-state index in [9.17, 15) is 14.3 Å². The minimum atomic E-state index is -0.600. The number of halogens is 1. The van der Waals surface area contributed by atoms with Gasteiger partial charge in [-0.05, 0) is 36.8 Å². The predicted octanol–water partition coefficient (Wildman–Crippen LogP) is 4.12. The Morgan fingerprint density at radius 2 is 1.95 bits per heavy atom. The molecule has 3 rings (SSSR count). The number of hydrogen-bond acceptors (Lipinski definition) is 4. The summed E-state index contributed by atoms with van der Waals surface area (Å²) in [5.41, 5.74) is 1.52. The fourth-order valence-electron chi connectivity index (χ4n) is 2.33. The van der Waals surface area contributed by atoms with Crippen molar-refractivity contribution >= 4 is 16.9 Å². The van der Waals surface area contributed by atoms with Gasteiger partial charge in [0, 0.05) is 17.0 Å². The van der Waals surface area contributed by atoms with Crippen molar-refractivity contribution in [3.8, 4) is 16.9 Å². The maximum atomic E-state index is 13.1. The van der Waals surface area contributed by atoms with Crippen molar-refractivity contribution in [3.05, 3.63) is 54.0 Å². The second-order valence-corrected chi connectivity index (χ2v) is 4.71. The van der Waals surface area contributed by atoms with E-state index in [1.165, 1.54) is 24.3 Å². The molecule has 0 aliphatic heterocycles. The quantitative estimate of drug-likeness (QED) is 0.739. The molecular formula is C17H13FO4. The van der Waals surface area contributed by atoms with Crippen LogP contribution in [0.25, 0.3) is 22.1 Å². The molecule has 5 heteroatoms. The van der Waals surface area contributed by atoms with Gasteiger partial charge >= 0.3 is 5.97 Å². The second kappa shape index (κ2) is 5.52. The lowest BCUT2D eigenvalue weighted by Gasteiger charge is -2.03. The molecule has 0 radical (unpaired) electrons. The van der Waals surface area contributed by atoms with Gasteiger partial charge in [-0.15, -0.1) is 0 Å². The lowest BCUT2D eigenvalue weighted by molar-refractivity contribution is 0.0494. The van der Waals surface area contributed by atoms with Gasteiger partial charge < -0.3 is 14.3 Å². The lowest BCUT2D eigenvalue weighted by atomic mass is 10.0. The number of phenols is 1. The van der Waals surface area contributed by atoms with Gasteiger partial charge in [0.15, 0.2) is 0 Å². The highest BCUT2D eigenvalue weighted by Crippen LogP contribution is 2.36. The number of benzene rings is 2. The molecule has 0 unspecified atom stereocenters. The van der Waals surface area contributed by atoms with E-state index in [0.717, 1.165) is 0 Å². The third kappa shape index (κ3) is 2.41. The molecule has 1 N–H and O–H groups in total. The highest BCUT2D eigenvalue weighted by Gasteiger charge is 2.23. The third-order valence-corrected chi connectivity index (χ3v) is 3.27. The normalized spacial score (nSPS) is 10.8. The van der Waals surface area contributed by atoms with Gasteiger partial charge in [-0.1, -0.05) is 12.1 Å². The first-order chi connectivity index (χ1) is 10.6. The first-order valence-corrected chi connectivity index (χ1v) is 6.78. The molecule has 1 heterocycles. The first kappa shape index (κ1) is 14.1. The summed E-state index contributed by atoms with van der Waals surface area (Å²) < 4.78 is 23.7. The van der Waals surface area contributed by atoms with Gasteiger partial charge in [0.2, 0.25) is 5.76 Å². The molecule has 0 fully saturated rings. The minimum absolute atomic E-state index is 0.0299. The standard InChI is InChI=1S/C17H13FO4/c1-2-21-17(20)16-15(10-3-5-11(18)6-4-10)13-8-7-12(19)9-14(13)22-16/h3-9,19H,2H2,1H3. The zero-order valence-corrected chi connectivity index (χ0v) is 11.8. The number of carbonyl (C=O) groups is 1. The molecule has 0 atom stereocenters. The van der Waals surface area contributed by atoms with E-state index >= 15 is 0 Å². The zero-order valence-electron chi connectivity index (χ0n) is 11.8. The number of hydrogen-bond donors (Lipinski definition) is 1. The summed E-state index contributed by atoms with van der Waals surface area (Å²) in [4.78, 5) is 12.1. The molecule has 112 valence electrons. The average molecular weight is 300 g/mol. The Kier molecular flexibility index (Phi) is 3.55. The molecular weight excluding hydrogens is 287 g/mol. The van der Waals surface area contributed by atoms with E-state index in [0.29, 0.717) is 22.1 Å². The van der Waals surface area contributed by atoms with Crippen molar-refractivity contribution in [2.75, 3.05) is 6.61 Å². The molecule has 0 spiro atoms. The largest absolute Gasteiger partial charge is 0.508 e. The summed E-state index contributed by atoms with van der Waals surface area (Å²) in [6.45, 7) is 1.91. The number of furan rings is 1. The molecule has 0 saturated heterocycles. The van der Waals surface area contributed by atoms with E-state index in [1.807, 2.05) is 0 Å². The molecule has 22 heavy (non-hydrogen) atoms. The first-order valence-electron chi connectivity index (χ1n) is 6.78. The average Bonchev–Trinajstić information content (AvgIpc) is 2.87. The number of ether oxygens (including phenoxy) is 1. The van der Waals surface area contributed by atoms with Crippen molar-refractivity contribution in [2.45, 2.75) is 6.92 Å². The van der Waals surface area contributed by atoms with Crippen LogP contribution in [0.2, 0.25) is 0 Å². The zero-order chi connectivity index (χ0) is 15.7. The van der Waals surface area contributed by atoms with E-state index in [2.05, 4.69) is 0 Å². The lowest BCUT2D eigenvalue weighted by Crippen LogP contribution is -2.04. The number of carbonyl (C=O) groups excluding carboxylic acids is 1. The van der Waals surface area contributed by atoms with Crippen molar-refractivity contribution in [1.29, 1.82) is 0 Å². The van der Waals surface area contributed by atoms with E-state index < -0.39 is 5.97 Å². The molecule has 0 saturated carbocycles. The number of fused-ring (bicyclic) bond motifs is 1. The van der Waals surface area contributed by atoms with Crippen LogP contribution in [0, 0.1) is 5.82 Å². The SMILES string of the molecule is CCOC(=O)c1oc2cc(O)ccc2c1-c1ccc(F)cc1. The molecule has 0 amide bonds. The van der Waals surface area contributed by atoms with Crippen molar-refractivity contribution in [2.24, 2.45) is 0 Å². The fourth-order valence-corrected chi connectivity index (χ4v) is 2.33. The Morgan fingerprint density at radius 1 is 1.23 bits per heavy atom. The van der Waals surface area contributed by atoms with Crippen LogP contribution in [-0.2, 0) is 4.74 Å². The number of phenolic OH excluding ortho intramolecular Hbond substituents is 1. The van der Waals surface area contributed by atoms with Crippen LogP contribution >= 0.6 is 0 Å². The van der Waals surface area contributed by atoms with Crippen molar-refractivity contribution < 1.29 is 23.4 Å². The molecule has 2 aromatic carbocycles. The molecule has 0 aliphatic carbocycles. The number of aromatic hydroxyl groups is 1. The molecule has 4 nitrogen and oxygen atoms in total. The number of esters is 1. The van der Waals surface area contributed by atoms with Crippen LogP contribution in [-0.4, -0.2) is 17.7 Å². The summed E-state index contributed by atoms with van der Waals surface area (Å²) in [6, 6.07) is 10.3. The molecule has 3 aromatic rings. The monoisotopic (exact) mass is 300 g/mol. The van der Waals surface area contributed by atoms with Crippen LogP contribution in [0.15, 0.2) is 46.9 Å². The van der Waals surface area contributed by atoms with Crippen LogP contribution in [0.1, 0.15) is 17.5 Å². The van der Waals surface area contributed by atoms with E-state index in [-0.39, 0.29) is 23.9 Å². The Morgan fingerprint density at radius 3 is 2.64 bits per heavy atom. The predicted molar refractivity (Wildman–Crippen MR) is 79.2 cm³/mol. The van der Waals surface area contributed by atoms with Gasteiger partial charge in [-0.3, -0.25) is 0 Å². The molecule has 1 aromatic heterocycles. The van der Waals surface area contributed by atoms with Gasteiger partial charge in [0.25, 0.3) is 0 Å². The van der Waals surface area contributed by atoms with Gasteiger partial charge in [0.1, 0.15) is 17.1 Å². The Hall–Kier alpha value is -2.82. The summed E-state index contributed by atoms with van der Waals surface area (Å²) in [5.74, 6) is -0.902. The molecule has 0 aliphatic rings. The van der Waals surface area contributed by atoms with E-state index in [4.69, 9.17) is 9.15 Å². The minimum Gasteiger partial charge on any atom is -0.508 e. The highest BCUT2D eigenvalue weighted by atomic mass is 19.1. The smallest absolute Gasteiger partial charge is 0.374 e. The topological polar surface area (TPSA) is 59.7 Å². The highest BCUT2D eigenvalue weighted by molar-refractivity contribution is 6.06. The van der Waals surface area contributed by atoms with Crippen LogP contribution < -0.4 is 0 Å². The fraction of sp³-hybridized carbons (Fsp3) is 0.118. The van der Waals surface area contributed by atoms with Crippen LogP contribution in [0.3, 0.4) is 0 Å². The Bertz CT molecular complexity index is 834. The Balaban J connectivity index is 2.26. The third-order valence-electron chi connectivity index (χ3n) is 3.27. The summed E-state index contributed by atoms with van der Waals surface area (Å²) in [6.07, 6.45) is 0. The maximum absolute atomic E-state index is 13.1. The van der Waals surface area contributed by atoms with Crippen molar-refractivity contribution in [3.63, 3.8) is 0 Å². The number of rotatable bonds is 3. The summed E-state index contributed by atoms with van der Waals surface area (Å²) in [7, 11) is 0. The van der Waals surface area contributed by atoms with Crippen molar-refractivity contribution in [1.82, 2.24) is 0 Å². The second-order valence-electron chi connectivity index (χ2n) is 4.71. The van der Waals surface area contributed by atoms with Gasteiger partial charge in [-0.2, -0.15) is 0 Å². The molecule has 0 bridgehead atoms. The Labute approximate surface area is 125 Å². The van der Waals surface area contributed by atoms with Crippen LogP contribution in [0.4, 0.5) is 4.39 Å². The summed E-state index contributed by atoms with van der Waals surface area (Å²) >= 11 is 0. The van der Waals surface area contributed by atoms with Gasteiger partial charge in [-0.25, -0.2) is 9.18 Å². The maximum Gasteiger partial charge on any atom is 0.374 e.